The summed E-state index contributed by atoms with van der Waals surface area (Å²) in [7, 11) is -3.52. The first kappa shape index (κ1) is 20.6. The predicted molar refractivity (Wildman–Crippen MR) is 111 cm³/mol. The lowest BCUT2D eigenvalue weighted by Crippen LogP contribution is -2.46. The van der Waals surface area contributed by atoms with Gasteiger partial charge in [0, 0.05) is 25.6 Å². The summed E-state index contributed by atoms with van der Waals surface area (Å²) in [4.78, 5) is 14.6. The van der Waals surface area contributed by atoms with Gasteiger partial charge in [-0.3, -0.25) is 4.79 Å². The predicted octanol–water partition coefficient (Wildman–Crippen LogP) is 3.21. The Hall–Kier alpha value is -2.18. The zero-order chi connectivity index (χ0) is 20.1. The standard InChI is InChI=1S/C22H28N2O3S/c1-17-3-7-19(8-4-17)9-12-22(25)24-15-13-20(14-16-24)23-28(26,27)21-10-5-18(2)6-11-21/h3-8,10-11,20,23H,9,12-16H2,1-2H3. The number of carbonyl (C=O) groups is 1. The first-order valence-electron chi connectivity index (χ1n) is 9.76. The number of rotatable bonds is 6. The van der Waals surface area contributed by atoms with Crippen LogP contribution in [0.5, 0.6) is 0 Å². The summed E-state index contributed by atoms with van der Waals surface area (Å²) in [6.07, 6.45) is 2.50. The van der Waals surface area contributed by atoms with Crippen LogP contribution in [0.3, 0.4) is 0 Å². The van der Waals surface area contributed by atoms with Gasteiger partial charge >= 0.3 is 0 Å². The normalized spacial score (nSPS) is 15.6. The van der Waals surface area contributed by atoms with Gasteiger partial charge in [0.05, 0.1) is 4.90 Å². The third-order valence-corrected chi connectivity index (χ3v) is 6.79. The van der Waals surface area contributed by atoms with Crippen molar-refractivity contribution in [3.63, 3.8) is 0 Å². The Kier molecular flexibility index (Phi) is 6.52. The molecule has 1 aliphatic heterocycles. The topological polar surface area (TPSA) is 66.5 Å². The van der Waals surface area contributed by atoms with E-state index in [1.165, 1.54) is 11.1 Å². The zero-order valence-electron chi connectivity index (χ0n) is 16.5. The molecule has 3 rings (SSSR count). The highest BCUT2D eigenvalue weighted by atomic mass is 32.2. The average molecular weight is 401 g/mol. The molecule has 1 heterocycles. The van der Waals surface area contributed by atoms with Crippen molar-refractivity contribution in [2.24, 2.45) is 0 Å². The second kappa shape index (κ2) is 8.88. The Balaban J connectivity index is 1.47. The van der Waals surface area contributed by atoms with Gasteiger partial charge in [-0.2, -0.15) is 0 Å². The molecule has 0 bridgehead atoms. The van der Waals surface area contributed by atoms with Crippen molar-refractivity contribution >= 4 is 15.9 Å². The van der Waals surface area contributed by atoms with E-state index in [-0.39, 0.29) is 16.8 Å². The number of nitrogens with zero attached hydrogens (tertiary/aromatic N) is 1. The minimum absolute atomic E-state index is 0.132. The van der Waals surface area contributed by atoms with Gasteiger partial charge in [0.15, 0.2) is 0 Å². The molecule has 5 nitrogen and oxygen atoms in total. The van der Waals surface area contributed by atoms with Crippen LogP contribution in [0.15, 0.2) is 53.4 Å². The summed E-state index contributed by atoms with van der Waals surface area (Å²) in [6, 6.07) is 15.0. The molecule has 6 heteroatoms. The largest absolute Gasteiger partial charge is 0.343 e. The lowest BCUT2D eigenvalue weighted by atomic mass is 10.0. The van der Waals surface area contributed by atoms with Crippen molar-refractivity contribution in [3.8, 4) is 0 Å². The SMILES string of the molecule is Cc1ccc(CCC(=O)N2CCC(NS(=O)(=O)c3ccc(C)cc3)CC2)cc1. The van der Waals surface area contributed by atoms with Gasteiger partial charge in [-0.1, -0.05) is 47.5 Å². The molecule has 0 atom stereocenters. The van der Waals surface area contributed by atoms with Crippen LogP contribution in [0.4, 0.5) is 0 Å². The number of piperidine rings is 1. The minimum Gasteiger partial charge on any atom is -0.343 e. The van der Waals surface area contributed by atoms with Gasteiger partial charge in [-0.05, 0) is 50.8 Å². The third kappa shape index (κ3) is 5.42. The second-order valence-electron chi connectivity index (χ2n) is 7.57. The molecule has 2 aromatic carbocycles. The molecule has 0 saturated carbocycles. The monoisotopic (exact) mass is 400 g/mol. The minimum atomic E-state index is -3.52. The molecule has 0 radical (unpaired) electrons. The van der Waals surface area contributed by atoms with Crippen molar-refractivity contribution in [1.82, 2.24) is 9.62 Å². The number of hydrogen-bond acceptors (Lipinski definition) is 3. The van der Waals surface area contributed by atoms with E-state index in [2.05, 4.69) is 29.0 Å². The Labute approximate surface area is 167 Å². The molecule has 150 valence electrons. The Morgan fingerprint density at radius 1 is 0.964 bits per heavy atom. The fourth-order valence-electron chi connectivity index (χ4n) is 3.42. The van der Waals surface area contributed by atoms with Crippen LogP contribution >= 0.6 is 0 Å². The van der Waals surface area contributed by atoms with E-state index in [1.807, 2.05) is 18.7 Å². The van der Waals surface area contributed by atoms with E-state index >= 15 is 0 Å². The van der Waals surface area contributed by atoms with Gasteiger partial charge in [-0.15, -0.1) is 0 Å². The summed E-state index contributed by atoms with van der Waals surface area (Å²) in [5, 5.41) is 0. The quantitative estimate of drug-likeness (QED) is 0.810. The van der Waals surface area contributed by atoms with E-state index in [0.29, 0.717) is 32.4 Å². The van der Waals surface area contributed by atoms with E-state index in [0.717, 1.165) is 12.0 Å². The highest BCUT2D eigenvalue weighted by Gasteiger charge is 2.26. The number of benzene rings is 2. The third-order valence-electron chi connectivity index (χ3n) is 5.25. The molecular weight excluding hydrogens is 372 g/mol. The number of likely N-dealkylation sites (tertiary alicyclic amines) is 1. The maximum absolute atomic E-state index is 12.5. The lowest BCUT2D eigenvalue weighted by molar-refractivity contribution is -0.132. The number of hydrogen-bond donors (Lipinski definition) is 1. The van der Waals surface area contributed by atoms with Crippen LogP contribution in [-0.2, 0) is 21.2 Å². The van der Waals surface area contributed by atoms with E-state index in [1.54, 1.807) is 24.3 Å². The van der Waals surface area contributed by atoms with E-state index in [9.17, 15) is 13.2 Å². The van der Waals surface area contributed by atoms with Crippen molar-refractivity contribution in [1.29, 1.82) is 0 Å². The molecule has 0 spiro atoms. The van der Waals surface area contributed by atoms with Crippen molar-refractivity contribution in [2.45, 2.75) is 50.5 Å². The number of carbonyl (C=O) groups excluding carboxylic acids is 1. The van der Waals surface area contributed by atoms with Crippen LogP contribution < -0.4 is 4.72 Å². The summed E-state index contributed by atoms with van der Waals surface area (Å²) in [6.45, 7) is 5.16. The lowest BCUT2D eigenvalue weighted by Gasteiger charge is -2.32. The molecule has 0 aliphatic carbocycles. The Bertz CT molecular complexity index is 898. The first-order chi connectivity index (χ1) is 13.3. The number of sulfonamides is 1. The fourth-order valence-corrected chi connectivity index (χ4v) is 4.72. The summed E-state index contributed by atoms with van der Waals surface area (Å²) >= 11 is 0. The molecular formula is C22H28N2O3S. The van der Waals surface area contributed by atoms with Crippen LogP contribution in [0.1, 0.15) is 36.0 Å². The maximum atomic E-state index is 12.5. The molecule has 1 N–H and O–H groups in total. The van der Waals surface area contributed by atoms with Crippen molar-refractivity contribution in [3.05, 3.63) is 65.2 Å². The molecule has 0 aromatic heterocycles. The van der Waals surface area contributed by atoms with Gasteiger partial charge in [0.2, 0.25) is 15.9 Å². The number of amides is 1. The second-order valence-corrected chi connectivity index (χ2v) is 9.29. The number of nitrogens with one attached hydrogen (secondary N) is 1. The average Bonchev–Trinajstić information content (AvgIpc) is 2.68. The Morgan fingerprint density at radius 3 is 2.07 bits per heavy atom. The van der Waals surface area contributed by atoms with Crippen molar-refractivity contribution < 1.29 is 13.2 Å². The Morgan fingerprint density at radius 2 is 1.50 bits per heavy atom. The summed E-state index contributed by atoms with van der Waals surface area (Å²) < 4.78 is 27.8. The smallest absolute Gasteiger partial charge is 0.240 e. The van der Waals surface area contributed by atoms with Crippen molar-refractivity contribution in [2.75, 3.05) is 13.1 Å². The molecule has 0 unspecified atom stereocenters. The summed E-state index contributed by atoms with van der Waals surface area (Å²) in [5.74, 6) is 0.139. The van der Waals surface area contributed by atoms with Crippen LogP contribution in [-0.4, -0.2) is 38.4 Å². The molecule has 28 heavy (non-hydrogen) atoms. The molecule has 1 amide bonds. The van der Waals surface area contributed by atoms with Crippen LogP contribution in [0.2, 0.25) is 0 Å². The zero-order valence-corrected chi connectivity index (χ0v) is 17.3. The van der Waals surface area contributed by atoms with E-state index < -0.39 is 10.0 Å². The highest BCUT2D eigenvalue weighted by molar-refractivity contribution is 7.89. The van der Waals surface area contributed by atoms with Gasteiger partial charge in [0.25, 0.3) is 0 Å². The fraction of sp³-hybridized carbons (Fsp3) is 0.409. The summed E-state index contributed by atoms with van der Waals surface area (Å²) in [5.41, 5.74) is 3.40. The van der Waals surface area contributed by atoms with E-state index in [4.69, 9.17) is 0 Å². The van der Waals surface area contributed by atoms with Crippen LogP contribution in [0.25, 0.3) is 0 Å². The molecule has 1 saturated heterocycles. The maximum Gasteiger partial charge on any atom is 0.240 e. The van der Waals surface area contributed by atoms with Gasteiger partial charge in [0.1, 0.15) is 0 Å². The molecule has 2 aromatic rings. The highest BCUT2D eigenvalue weighted by Crippen LogP contribution is 2.17. The van der Waals surface area contributed by atoms with Crippen LogP contribution in [0, 0.1) is 13.8 Å². The van der Waals surface area contributed by atoms with Gasteiger partial charge < -0.3 is 4.90 Å². The van der Waals surface area contributed by atoms with Gasteiger partial charge in [-0.25, -0.2) is 13.1 Å². The first-order valence-corrected chi connectivity index (χ1v) is 11.2. The number of aryl methyl sites for hydroxylation is 3. The molecule has 1 aliphatic rings. The molecule has 1 fully saturated rings.